The summed E-state index contributed by atoms with van der Waals surface area (Å²) in [6.07, 6.45) is 1.13. The minimum Gasteiger partial charge on any atom is -0.395 e. The molecule has 1 aromatic heterocycles. The van der Waals surface area contributed by atoms with Gasteiger partial charge < -0.3 is 21.1 Å². The first-order valence-corrected chi connectivity index (χ1v) is 10.5. The maximum Gasteiger partial charge on any atom is 0.270 e. The summed E-state index contributed by atoms with van der Waals surface area (Å²) < 4.78 is 13.4. The molecule has 4 N–H and O–H groups in total. The number of aryl methyl sites for hydroxylation is 1. The first kappa shape index (κ1) is 24.5. The first-order valence-electron chi connectivity index (χ1n) is 10.5. The highest BCUT2D eigenvalue weighted by Gasteiger charge is 2.13. The molecule has 0 bridgehead atoms. The molecule has 10 heteroatoms. The quantitative estimate of drug-likeness (QED) is 0.379. The van der Waals surface area contributed by atoms with Crippen LogP contribution in [0, 0.1) is 12.7 Å². The van der Waals surface area contributed by atoms with Gasteiger partial charge >= 0.3 is 0 Å². The number of benzene rings is 2. The molecule has 0 saturated carbocycles. The van der Waals surface area contributed by atoms with Gasteiger partial charge in [0.1, 0.15) is 23.5 Å². The molecule has 0 unspecified atom stereocenters. The number of aromatic nitrogens is 2. The smallest absolute Gasteiger partial charge is 0.270 e. The molecule has 0 aliphatic carbocycles. The Bertz CT molecular complexity index is 1180. The van der Waals surface area contributed by atoms with Crippen LogP contribution in [0.4, 0.5) is 4.39 Å². The van der Waals surface area contributed by atoms with Gasteiger partial charge in [0.15, 0.2) is 0 Å². The molecule has 176 valence electrons. The van der Waals surface area contributed by atoms with Gasteiger partial charge in [0.25, 0.3) is 17.7 Å². The number of aliphatic hydroxyl groups is 1. The molecular formula is C24H24FN5O4. The third-order valence-electron chi connectivity index (χ3n) is 4.87. The molecule has 3 amide bonds. The van der Waals surface area contributed by atoms with Gasteiger partial charge in [-0.1, -0.05) is 24.3 Å². The van der Waals surface area contributed by atoms with E-state index in [9.17, 15) is 18.8 Å². The van der Waals surface area contributed by atoms with E-state index < -0.39 is 11.8 Å². The van der Waals surface area contributed by atoms with Gasteiger partial charge in [-0.25, -0.2) is 14.4 Å². The van der Waals surface area contributed by atoms with Crippen molar-refractivity contribution in [3.8, 4) is 0 Å². The second kappa shape index (κ2) is 11.6. The van der Waals surface area contributed by atoms with Crippen molar-refractivity contribution in [3.63, 3.8) is 0 Å². The largest absolute Gasteiger partial charge is 0.395 e. The lowest BCUT2D eigenvalue weighted by Crippen LogP contribution is -2.27. The predicted octanol–water partition coefficient (Wildman–Crippen LogP) is 1.51. The summed E-state index contributed by atoms with van der Waals surface area (Å²) in [5.74, 6) is -1.60. The normalized spacial score (nSPS) is 10.4. The van der Waals surface area contributed by atoms with Crippen molar-refractivity contribution in [2.75, 3.05) is 13.2 Å². The number of hydrogen-bond donors (Lipinski definition) is 4. The molecule has 2 aromatic carbocycles. The second-order valence-corrected chi connectivity index (χ2v) is 7.41. The Hall–Kier alpha value is -4.18. The third-order valence-corrected chi connectivity index (χ3v) is 4.87. The third kappa shape index (κ3) is 6.66. The number of halogens is 1. The standard InChI is InChI=1S/C24H24FN5O4/c1-15-10-17(4-7-19(15)25)13-28-24(34)21-11-20(29-14-30-21)23(33)27-12-16-2-5-18(6-3-16)22(32)26-8-9-31/h2-7,10-11,14,31H,8-9,12-13H2,1H3,(H,26,32)(H,27,33)(H,28,34). The van der Waals surface area contributed by atoms with E-state index >= 15 is 0 Å². The molecule has 0 aliphatic rings. The van der Waals surface area contributed by atoms with Gasteiger partial charge in [0, 0.05) is 31.3 Å². The molecule has 0 radical (unpaired) electrons. The van der Waals surface area contributed by atoms with Gasteiger partial charge in [-0.05, 0) is 41.8 Å². The molecule has 0 fully saturated rings. The zero-order valence-corrected chi connectivity index (χ0v) is 18.5. The van der Waals surface area contributed by atoms with Gasteiger partial charge in [0.05, 0.1) is 6.61 Å². The average molecular weight is 465 g/mol. The number of carbonyl (C=O) groups is 3. The fourth-order valence-corrected chi connectivity index (χ4v) is 3.01. The minimum absolute atomic E-state index is 0.0252. The molecule has 0 atom stereocenters. The summed E-state index contributed by atoms with van der Waals surface area (Å²) in [5, 5.41) is 16.7. The summed E-state index contributed by atoms with van der Waals surface area (Å²) in [6.45, 7) is 2.03. The number of nitrogens with zero attached hydrogens (tertiary/aromatic N) is 2. The minimum atomic E-state index is -0.492. The summed E-state index contributed by atoms with van der Waals surface area (Å²) in [6, 6.07) is 12.5. The van der Waals surface area contributed by atoms with Crippen molar-refractivity contribution in [2.45, 2.75) is 20.0 Å². The van der Waals surface area contributed by atoms with Crippen LogP contribution in [-0.2, 0) is 13.1 Å². The van der Waals surface area contributed by atoms with E-state index in [0.717, 1.165) is 17.5 Å². The van der Waals surface area contributed by atoms with Gasteiger partial charge in [-0.2, -0.15) is 0 Å². The van der Waals surface area contributed by atoms with Gasteiger partial charge in [-0.15, -0.1) is 0 Å². The highest BCUT2D eigenvalue weighted by atomic mass is 19.1. The Kier molecular flexibility index (Phi) is 8.36. The average Bonchev–Trinajstić information content (AvgIpc) is 2.86. The molecule has 34 heavy (non-hydrogen) atoms. The molecule has 3 rings (SSSR count). The number of rotatable bonds is 9. The summed E-state index contributed by atoms with van der Waals surface area (Å²) in [4.78, 5) is 44.6. The van der Waals surface area contributed by atoms with Crippen LogP contribution in [0.1, 0.15) is 48.0 Å². The maximum absolute atomic E-state index is 13.4. The first-order chi connectivity index (χ1) is 16.4. The van der Waals surface area contributed by atoms with E-state index in [4.69, 9.17) is 5.11 Å². The molecule has 1 heterocycles. The van der Waals surface area contributed by atoms with Crippen LogP contribution in [0.25, 0.3) is 0 Å². The molecule has 0 saturated heterocycles. The van der Waals surface area contributed by atoms with E-state index in [-0.39, 0.29) is 49.4 Å². The van der Waals surface area contributed by atoms with E-state index in [1.54, 1.807) is 43.3 Å². The highest BCUT2D eigenvalue weighted by Crippen LogP contribution is 2.09. The van der Waals surface area contributed by atoms with Crippen LogP contribution in [-0.4, -0.2) is 45.9 Å². The fourth-order valence-electron chi connectivity index (χ4n) is 3.01. The van der Waals surface area contributed by atoms with Crippen molar-refractivity contribution >= 4 is 17.7 Å². The summed E-state index contributed by atoms with van der Waals surface area (Å²) in [7, 11) is 0. The Morgan fingerprint density at radius 3 is 2.00 bits per heavy atom. The Balaban J connectivity index is 1.55. The van der Waals surface area contributed by atoms with Crippen LogP contribution in [0.3, 0.4) is 0 Å². The maximum atomic E-state index is 13.4. The van der Waals surface area contributed by atoms with E-state index in [2.05, 4.69) is 25.9 Å². The lowest BCUT2D eigenvalue weighted by Gasteiger charge is -2.08. The van der Waals surface area contributed by atoms with Crippen molar-refractivity contribution < 1.29 is 23.9 Å². The highest BCUT2D eigenvalue weighted by molar-refractivity contribution is 5.97. The van der Waals surface area contributed by atoms with Crippen molar-refractivity contribution in [2.24, 2.45) is 0 Å². The zero-order valence-electron chi connectivity index (χ0n) is 18.5. The number of carbonyl (C=O) groups excluding carboxylic acids is 3. The van der Waals surface area contributed by atoms with Gasteiger partial charge in [0.2, 0.25) is 0 Å². The van der Waals surface area contributed by atoms with E-state index in [1.807, 2.05) is 0 Å². The van der Waals surface area contributed by atoms with Crippen molar-refractivity contribution in [1.29, 1.82) is 0 Å². The topological polar surface area (TPSA) is 133 Å². The number of aliphatic hydroxyl groups excluding tert-OH is 1. The lowest BCUT2D eigenvalue weighted by atomic mass is 10.1. The molecule has 9 nitrogen and oxygen atoms in total. The SMILES string of the molecule is Cc1cc(CNC(=O)c2cc(C(=O)NCc3ccc(C(=O)NCCO)cc3)ncn2)ccc1F. The lowest BCUT2D eigenvalue weighted by molar-refractivity contribution is 0.0933. The van der Waals surface area contributed by atoms with Crippen molar-refractivity contribution in [1.82, 2.24) is 25.9 Å². The number of nitrogens with one attached hydrogen (secondary N) is 3. The predicted molar refractivity (Wildman–Crippen MR) is 121 cm³/mol. The summed E-state index contributed by atoms with van der Waals surface area (Å²) >= 11 is 0. The van der Waals surface area contributed by atoms with Crippen molar-refractivity contribution in [3.05, 3.63) is 94.3 Å². The number of hydrogen-bond acceptors (Lipinski definition) is 6. The van der Waals surface area contributed by atoms with Crippen LogP contribution >= 0.6 is 0 Å². The number of amides is 3. The molecule has 0 aliphatic heterocycles. The fraction of sp³-hybridized carbons (Fsp3) is 0.208. The van der Waals surface area contributed by atoms with E-state index in [0.29, 0.717) is 11.1 Å². The van der Waals surface area contributed by atoms with Gasteiger partial charge in [-0.3, -0.25) is 14.4 Å². The Morgan fingerprint density at radius 2 is 1.41 bits per heavy atom. The molecule has 3 aromatic rings. The van der Waals surface area contributed by atoms with E-state index in [1.165, 1.54) is 12.1 Å². The summed E-state index contributed by atoms with van der Waals surface area (Å²) in [5.41, 5.74) is 2.46. The van der Waals surface area contributed by atoms with Crippen LogP contribution < -0.4 is 16.0 Å². The van der Waals surface area contributed by atoms with Crippen LogP contribution in [0.2, 0.25) is 0 Å². The zero-order chi connectivity index (χ0) is 24.5. The second-order valence-electron chi connectivity index (χ2n) is 7.41. The van der Waals surface area contributed by atoms with Crippen LogP contribution in [0.5, 0.6) is 0 Å². The monoisotopic (exact) mass is 465 g/mol. The Labute approximate surface area is 195 Å². The van der Waals surface area contributed by atoms with Crippen LogP contribution in [0.15, 0.2) is 54.9 Å². The molecule has 0 spiro atoms. The Morgan fingerprint density at radius 1 is 0.824 bits per heavy atom. The molecular weight excluding hydrogens is 441 g/mol.